The predicted molar refractivity (Wildman–Crippen MR) is 96.5 cm³/mol. The predicted octanol–water partition coefficient (Wildman–Crippen LogP) is 4.99. The minimum Gasteiger partial charge on any atom is -0.309 e. The maximum absolute atomic E-state index is 13.1. The summed E-state index contributed by atoms with van der Waals surface area (Å²) in [7, 11) is 1.83. The Bertz CT molecular complexity index is 835. The first-order chi connectivity index (χ1) is 12.3. The Hall–Kier alpha value is -1.95. The third kappa shape index (κ3) is 3.11. The van der Waals surface area contributed by atoms with E-state index in [2.05, 4.69) is 10.4 Å². The lowest BCUT2D eigenvalue weighted by atomic mass is 9.78. The van der Waals surface area contributed by atoms with Gasteiger partial charge in [0, 0.05) is 42.0 Å². The first-order valence-corrected chi connectivity index (χ1v) is 9.23. The van der Waals surface area contributed by atoms with E-state index >= 15 is 0 Å². The molecule has 26 heavy (non-hydrogen) atoms. The van der Waals surface area contributed by atoms with Crippen molar-refractivity contribution in [2.45, 2.75) is 43.9 Å². The summed E-state index contributed by atoms with van der Waals surface area (Å²) in [5.74, 6) is -2.88. The van der Waals surface area contributed by atoms with Gasteiger partial charge in [-0.3, -0.25) is 9.48 Å². The average molecular weight is 380 g/mol. The molecule has 2 saturated carbocycles. The number of aryl methyl sites for hydroxylation is 1. The number of hydrogen-bond acceptors (Lipinski definition) is 2. The van der Waals surface area contributed by atoms with Gasteiger partial charge in [0.25, 0.3) is 0 Å². The molecule has 1 aromatic heterocycles. The molecule has 0 aliphatic heterocycles. The third-order valence-corrected chi connectivity index (χ3v) is 5.67. The highest BCUT2D eigenvalue weighted by Gasteiger charge is 2.49. The molecule has 138 valence electrons. The summed E-state index contributed by atoms with van der Waals surface area (Å²) in [6, 6.07) is 7.51. The Morgan fingerprint density at radius 1 is 1.27 bits per heavy atom. The Balaban J connectivity index is 1.65. The van der Waals surface area contributed by atoms with E-state index in [1.807, 2.05) is 31.3 Å². The first-order valence-electron chi connectivity index (χ1n) is 8.85. The highest BCUT2D eigenvalue weighted by molar-refractivity contribution is 6.30. The van der Waals surface area contributed by atoms with Crippen LogP contribution in [0.2, 0.25) is 5.02 Å². The molecule has 0 spiro atoms. The molecule has 1 N–H and O–H groups in total. The van der Waals surface area contributed by atoms with Crippen LogP contribution >= 0.6 is 11.6 Å². The number of aromatic nitrogens is 2. The van der Waals surface area contributed by atoms with Crippen molar-refractivity contribution in [1.82, 2.24) is 9.78 Å². The summed E-state index contributed by atoms with van der Waals surface area (Å²) in [6.45, 7) is 0. The van der Waals surface area contributed by atoms with Gasteiger partial charge < -0.3 is 5.32 Å². The molecule has 1 aromatic carbocycles. The zero-order valence-electron chi connectivity index (χ0n) is 14.4. The molecule has 2 aliphatic carbocycles. The first kappa shape index (κ1) is 17.5. The molecule has 0 bridgehead atoms. The molecule has 2 aliphatic rings. The van der Waals surface area contributed by atoms with Gasteiger partial charge in [-0.05, 0) is 30.9 Å². The highest BCUT2D eigenvalue weighted by Crippen LogP contribution is 2.46. The number of amides is 1. The summed E-state index contributed by atoms with van der Waals surface area (Å²) in [5.41, 5.74) is 2.92. The minimum atomic E-state index is -2.71. The van der Waals surface area contributed by atoms with Gasteiger partial charge in [0.1, 0.15) is 0 Å². The van der Waals surface area contributed by atoms with Crippen LogP contribution in [0.4, 0.5) is 14.6 Å². The Labute approximate surface area is 155 Å². The number of nitrogens with zero attached hydrogens (tertiary/aromatic N) is 2. The van der Waals surface area contributed by atoms with Gasteiger partial charge >= 0.3 is 0 Å². The molecule has 2 fully saturated rings. The van der Waals surface area contributed by atoms with Crippen LogP contribution in [0.5, 0.6) is 0 Å². The number of benzene rings is 1. The van der Waals surface area contributed by atoms with Gasteiger partial charge in [0.05, 0.1) is 5.69 Å². The van der Waals surface area contributed by atoms with E-state index < -0.39 is 11.8 Å². The topological polar surface area (TPSA) is 46.9 Å². The number of alkyl halides is 2. The molecule has 0 saturated heterocycles. The fourth-order valence-electron chi connectivity index (χ4n) is 3.73. The minimum absolute atomic E-state index is 0.326. The largest absolute Gasteiger partial charge is 0.309 e. The van der Waals surface area contributed by atoms with Crippen molar-refractivity contribution in [2.75, 3.05) is 5.32 Å². The number of carbonyl (C=O) groups excluding carboxylic acids is 1. The maximum atomic E-state index is 13.1. The standard InChI is InChI=1S/C19H20ClF2N3O/c1-25-16(12-5-7-14(20)8-6-12)15(11-3-2-4-11)17(24-25)23-18(26)13-9-19(21,22)10-13/h5-8,11,13H,2-4,9-10H2,1H3,(H,23,24,26). The van der Waals surface area contributed by atoms with Crippen LogP contribution in [-0.2, 0) is 11.8 Å². The van der Waals surface area contributed by atoms with Crippen LogP contribution in [0.15, 0.2) is 24.3 Å². The lowest BCUT2D eigenvalue weighted by Gasteiger charge is -2.33. The molecule has 4 nitrogen and oxygen atoms in total. The summed E-state index contributed by atoms with van der Waals surface area (Å²) in [5, 5.41) is 7.96. The van der Waals surface area contributed by atoms with Gasteiger partial charge in [0.15, 0.2) is 5.82 Å². The second-order valence-electron chi connectivity index (χ2n) is 7.32. The highest BCUT2D eigenvalue weighted by atomic mass is 35.5. The summed E-state index contributed by atoms with van der Waals surface area (Å²) < 4.78 is 27.9. The zero-order chi connectivity index (χ0) is 18.5. The average Bonchev–Trinajstić information content (AvgIpc) is 2.80. The van der Waals surface area contributed by atoms with Crippen molar-refractivity contribution < 1.29 is 13.6 Å². The van der Waals surface area contributed by atoms with Crippen LogP contribution in [0, 0.1) is 5.92 Å². The quantitative estimate of drug-likeness (QED) is 0.813. The van der Waals surface area contributed by atoms with Crippen molar-refractivity contribution in [3.05, 3.63) is 34.9 Å². The zero-order valence-corrected chi connectivity index (χ0v) is 15.2. The Morgan fingerprint density at radius 3 is 2.46 bits per heavy atom. The fourth-order valence-corrected chi connectivity index (χ4v) is 3.86. The van der Waals surface area contributed by atoms with Crippen molar-refractivity contribution in [3.63, 3.8) is 0 Å². The van der Waals surface area contributed by atoms with Crippen LogP contribution in [0.25, 0.3) is 11.3 Å². The van der Waals surface area contributed by atoms with Gasteiger partial charge in [-0.1, -0.05) is 30.2 Å². The monoisotopic (exact) mass is 379 g/mol. The van der Waals surface area contributed by atoms with Gasteiger partial charge in [-0.2, -0.15) is 5.10 Å². The second kappa shape index (κ2) is 6.34. The van der Waals surface area contributed by atoms with Crippen molar-refractivity contribution in [2.24, 2.45) is 13.0 Å². The van der Waals surface area contributed by atoms with E-state index in [9.17, 15) is 13.6 Å². The lowest BCUT2D eigenvalue weighted by molar-refractivity contribution is -0.145. The summed E-state index contributed by atoms with van der Waals surface area (Å²) >= 11 is 5.99. The molecule has 2 aromatic rings. The molecule has 7 heteroatoms. The van der Waals surface area contributed by atoms with E-state index in [1.54, 1.807) is 4.68 Å². The molecule has 0 radical (unpaired) electrons. The molecular formula is C19H20ClF2N3O. The van der Waals surface area contributed by atoms with E-state index in [1.165, 1.54) is 0 Å². The van der Waals surface area contributed by atoms with Gasteiger partial charge in [-0.25, -0.2) is 8.78 Å². The number of halogens is 3. The molecule has 0 unspecified atom stereocenters. The van der Waals surface area contributed by atoms with Gasteiger partial charge in [0.2, 0.25) is 11.8 Å². The number of nitrogens with one attached hydrogen (secondary N) is 1. The fraction of sp³-hybridized carbons (Fsp3) is 0.474. The van der Waals surface area contributed by atoms with E-state index in [0.29, 0.717) is 16.8 Å². The van der Waals surface area contributed by atoms with Crippen LogP contribution in [0.1, 0.15) is 43.6 Å². The summed E-state index contributed by atoms with van der Waals surface area (Å²) in [6.07, 6.45) is 2.46. The van der Waals surface area contributed by atoms with Crippen LogP contribution in [0.3, 0.4) is 0 Å². The maximum Gasteiger partial charge on any atom is 0.249 e. The molecule has 1 heterocycles. The van der Waals surface area contributed by atoms with E-state index in [0.717, 1.165) is 36.1 Å². The Kier molecular flexibility index (Phi) is 4.26. The second-order valence-corrected chi connectivity index (χ2v) is 7.76. The normalized spacial score (nSPS) is 19.7. The number of rotatable bonds is 4. The number of carbonyl (C=O) groups is 1. The molecule has 0 atom stereocenters. The van der Waals surface area contributed by atoms with Crippen LogP contribution < -0.4 is 5.32 Å². The third-order valence-electron chi connectivity index (χ3n) is 5.42. The van der Waals surface area contributed by atoms with Crippen molar-refractivity contribution in [3.8, 4) is 11.3 Å². The summed E-state index contributed by atoms with van der Waals surface area (Å²) in [4.78, 5) is 12.4. The van der Waals surface area contributed by atoms with E-state index in [4.69, 9.17) is 11.6 Å². The SMILES string of the molecule is Cn1nc(NC(=O)C2CC(F)(F)C2)c(C2CCC2)c1-c1ccc(Cl)cc1. The molecule has 4 rings (SSSR count). The lowest BCUT2D eigenvalue weighted by Crippen LogP contribution is -2.42. The smallest absolute Gasteiger partial charge is 0.249 e. The van der Waals surface area contributed by atoms with Crippen molar-refractivity contribution in [1.29, 1.82) is 0 Å². The van der Waals surface area contributed by atoms with Crippen molar-refractivity contribution >= 4 is 23.3 Å². The molecule has 1 amide bonds. The number of anilines is 1. The molecular weight excluding hydrogens is 360 g/mol. The van der Waals surface area contributed by atoms with E-state index in [-0.39, 0.29) is 18.7 Å². The Morgan fingerprint density at radius 2 is 1.92 bits per heavy atom. The van der Waals surface area contributed by atoms with Crippen LogP contribution in [-0.4, -0.2) is 21.6 Å². The number of hydrogen-bond donors (Lipinski definition) is 1. The van der Waals surface area contributed by atoms with Gasteiger partial charge in [-0.15, -0.1) is 0 Å².